The quantitative estimate of drug-likeness (QED) is 0.102. The number of hydrogen-bond donors (Lipinski definition) is 2. The minimum absolute atomic E-state index is 0.0147. The predicted octanol–water partition coefficient (Wildman–Crippen LogP) is 8.30. The van der Waals surface area contributed by atoms with Crippen LogP contribution < -0.4 is 9.47 Å². The number of fused-ring (bicyclic) bond motifs is 1. The lowest BCUT2D eigenvalue weighted by atomic mass is 9.91. The molecule has 0 saturated heterocycles. The number of aryl methyl sites for hydroxylation is 3. The van der Waals surface area contributed by atoms with Gasteiger partial charge in [0.25, 0.3) is 0 Å². The topological polar surface area (TPSA) is 98.0 Å². The molecule has 0 bridgehead atoms. The Balaban J connectivity index is 1.25. The Kier molecular flexibility index (Phi) is 9.85. The minimum Gasteiger partial charge on any atom is -0.494 e. The molecule has 0 amide bonds. The predicted molar refractivity (Wildman–Crippen MR) is 178 cm³/mol. The molecule has 1 aromatic heterocycles. The number of rotatable bonds is 15. The van der Waals surface area contributed by atoms with Crippen molar-refractivity contribution in [3.05, 3.63) is 93.4 Å². The number of halogens is 1. The van der Waals surface area contributed by atoms with Crippen molar-refractivity contribution in [2.45, 2.75) is 72.8 Å². The van der Waals surface area contributed by atoms with E-state index in [2.05, 4.69) is 32.9 Å². The highest BCUT2D eigenvalue weighted by Gasteiger charge is 2.45. The van der Waals surface area contributed by atoms with Gasteiger partial charge in [-0.15, -0.1) is 0 Å². The molecular formula is C38H42FNO6. The average molecular weight is 628 g/mol. The number of nitrogens with zero attached hydrogens (tertiary/aromatic N) is 1. The molecule has 0 atom stereocenters. The molecule has 242 valence electrons. The molecule has 1 fully saturated rings. The van der Waals surface area contributed by atoms with Gasteiger partial charge in [0.1, 0.15) is 23.9 Å². The van der Waals surface area contributed by atoms with Gasteiger partial charge in [-0.25, -0.2) is 4.39 Å². The summed E-state index contributed by atoms with van der Waals surface area (Å²) in [5.74, 6) is -0.618. The van der Waals surface area contributed by atoms with E-state index in [1.165, 1.54) is 11.6 Å². The van der Waals surface area contributed by atoms with Crippen molar-refractivity contribution in [1.82, 2.24) is 4.57 Å². The van der Waals surface area contributed by atoms with Crippen molar-refractivity contribution >= 4 is 35.0 Å². The van der Waals surface area contributed by atoms with Gasteiger partial charge in [-0.05, 0) is 117 Å². The summed E-state index contributed by atoms with van der Waals surface area (Å²) >= 11 is 0. The maximum Gasteiger partial charge on any atom is 0.323 e. The van der Waals surface area contributed by atoms with Crippen LogP contribution in [-0.2, 0) is 22.6 Å². The summed E-state index contributed by atoms with van der Waals surface area (Å²) in [6.07, 6.45) is 7.44. The Labute approximate surface area is 269 Å². The van der Waals surface area contributed by atoms with Gasteiger partial charge >= 0.3 is 11.9 Å². The highest BCUT2D eigenvalue weighted by atomic mass is 19.1. The maximum absolute atomic E-state index is 15.4. The van der Waals surface area contributed by atoms with Crippen molar-refractivity contribution in [2.24, 2.45) is 5.41 Å². The van der Waals surface area contributed by atoms with Crippen LogP contribution >= 0.6 is 0 Å². The molecule has 5 rings (SSSR count). The van der Waals surface area contributed by atoms with Gasteiger partial charge in [-0.1, -0.05) is 42.0 Å². The van der Waals surface area contributed by atoms with E-state index in [0.717, 1.165) is 53.9 Å². The van der Waals surface area contributed by atoms with E-state index in [1.807, 2.05) is 36.4 Å². The second-order valence-corrected chi connectivity index (χ2v) is 12.7. The van der Waals surface area contributed by atoms with Crippen LogP contribution in [0.2, 0.25) is 0 Å². The lowest BCUT2D eigenvalue weighted by molar-refractivity contribution is -0.139. The Morgan fingerprint density at radius 1 is 0.891 bits per heavy atom. The molecule has 1 aliphatic rings. The molecule has 1 saturated carbocycles. The van der Waals surface area contributed by atoms with Crippen LogP contribution in [0.1, 0.15) is 71.2 Å². The smallest absolute Gasteiger partial charge is 0.323 e. The highest BCUT2D eigenvalue weighted by molar-refractivity contribution is 5.95. The number of ether oxygens (including phenoxy) is 2. The van der Waals surface area contributed by atoms with Crippen LogP contribution in [-0.4, -0.2) is 39.9 Å². The van der Waals surface area contributed by atoms with E-state index in [9.17, 15) is 19.8 Å². The third-order valence-electron chi connectivity index (χ3n) is 8.89. The summed E-state index contributed by atoms with van der Waals surface area (Å²) in [6.45, 7) is 8.91. The third kappa shape index (κ3) is 7.61. The third-order valence-corrected chi connectivity index (χ3v) is 8.89. The normalized spacial score (nSPS) is 13.8. The Bertz CT molecular complexity index is 1760. The van der Waals surface area contributed by atoms with E-state index in [-0.39, 0.29) is 13.0 Å². The summed E-state index contributed by atoms with van der Waals surface area (Å²) < 4.78 is 29.0. The molecule has 0 unspecified atom stereocenters. The first-order valence-electron chi connectivity index (χ1n) is 15.8. The Hall–Kier alpha value is -4.59. The molecule has 8 heteroatoms. The highest BCUT2D eigenvalue weighted by Crippen LogP contribution is 2.53. The summed E-state index contributed by atoms with van der Waals surface area (Å²) in [5, 5.41) is 19.5. The van der Waals surface area contributed by atoms with Crippen molar-refractivity contribution in [1.29, 1.82) is 0 Å². The van der Waals surface area contributed by atoms with Gasteiger partial charge in [0, 0.05) is 11.1 Å². The van der Waals surface area contributed by atoms with Gasteiger partial charge in [-0.3, -0.25) is 9.59 Å². The monoisotopic (exact) mass is 627 g/mol. The minimum atomic E-state index is -1.03. The Morgan fingerprint density at radius 2 is 1.54 bits per heavy atom. The fraction of sp³-hybridized carbons (Fsp3) is 0.368. The van der Waals surface area contributed by atoms with Gasteiger partial charge in [0.2, 0.25) is 0 Å². The van der Waals surface area contributed by atoms with Gasteiger partial charge in [-0.2, -0.15) is 0 Å². The van der Waals surface area contributed by atoms with Crippen molar-refractivity contribution in [2.75, 3.05) is 13.2 Å². The van der Waals surface area contributed by atoms with E-state index in [1.54, 1.807) is 17.6 Å². The van der Waals surface area contributed by atoms with Crippen LogP contribution in [0.3, 0.4) is 0 Å². The zero-order chi connectivity index (χ0) is 33.0. The van der Waals surface area contributed by atoms with E-state index in [4.69, 9.17) is 9.47 Å². The number of carboxylic acid groups (broad SMARTS) is 2. The molecule has 0 spiro atoms. The van der Waals surface area contributed by atoms with E-state index < -0.39 is 23.2 Å². The molecule has 3 aromatic carbocycles. The molecule has 7 nitrogen and oxygen atoms in total. The first kappa shape index (κ1) is 32.8. The molecule has 2 N–H and O–H groups in total. The molecular weight excluding hydrogens is 585 g/mol. The number of benzene rings is 3. The molecule has 1 heterocycles. The number of aromatic nitrogens is 1. The van der Waals surface area contributed by atoms with E-state index >= 15 is 4.39 Å². The van der Waals surface area contributed by atoms with Crippen LogP contribution in [0.4, 0.5) is 4.39 Å². The molecule has 0 radical (unpaired) electrons. The van der Waals surface area contributed by atoms with Gasteiger partial charge in [0.05, 0.1) is 25.2 Å². The summed E-state index contributed by atoms with van der Waals surface area (Å²) in [5.41, 5.74) is 6.59. The van der Waals surface area contributed by atoms with Crippen LogP contribution in [0.5, 0.6) is 11.5 Å². The van der Waals surface area contributed by atoms with Gasteiger partial charge in [0.15, 0.2) is 0 Å². The second kappa shape index (κ2) is 13.8. The van der Waals surface area contributed by atoms with Crippen LogP contribution in [0.25, 0.3) is 23.1 Å². The molecule has 1 aliphatic carbocycles. The van der Waals surface area contributed by atoms with Crippen molar-refractivity contribution < 1.29 is 33.7 Å². The molecule has 0 aliphatic heterocycles. The summed E-state index contributed by atoms with van der Waals surface area (Å²) in [7, 11) is 0. The number of carbonyl (C=O) groups is 2. The first-order chi connectivity index (χ1) is 22.0. The second-order valence-electron chi connectivity index (χ2n) is 12.7. The largest absolute Gasteiger partial charge is 0.494 e. The number of aliphatic carboxylic acids is 2. The van der Waals surface area contributed by atoms with Crippen LogP contribution in [0.15, 0.2) is 48.5 Å². The fourth-order valence-electron chi connectivity index (χ4n) is 6.47. The average Bonchev–Trinajstić information content (AvgIpc) is 3.69. The lowest BCUT2D eigenvalue weighted by Gasteiger charge is -2.13. The number of hydrogen-bond acceptors (Lipinski definition) is 4. The van der Waals surface area contributed by atoms with Crippen molar-refractivity contribution in [3.63, 3.8) is 0 Å². The summed E-state index contributed by atoms with van der Waals surface area (Å²) in [4.78, 5) is 23.3. The van der Waals surface area contributed by atoms with Crippen molar-refractivity contribution in [3.8, 4) is 11.5 Å². The summed E-state index contributed by atoms with van der Waals surface area (Å²) in [6, 6.07) is 15.0. The van der Waals surface area contributed by atoms with E-state index in [0.29, 0.717) is 47.4 Å². The van der Waals surface area contributed by atoms with Gasteiger partial charge < -0.3 is 24.3 Å². The number of carboxylic acids is 2. The SMILES string of the molecule is Cc1cc(C)c(OCCCCOc2ccc(C=Cc3ccc(F)c4c(CC5(CC(=O)O)CC5)c(C)n(CC(=O)O)c34)cc2)c(C)c1. The maximum atomic E-state index is 15.4. The van der Waals surface area contributed by atoms with Crippen LogP contribution in [0, 0.1) is 38.9 Å². The fourth-order valence-corrected chi connectivity index (χ4v) is 6.47. The molecule has 46 heavy (non-hydrogen) atoms. The standard InChI is InChI=1S/C38H42FNO6/c1-24-19-25(2)37(26(3)20-24)46-18-6-5-17-45-30-12-8-28(9-13-30)7-10-29-11-14-32(39)35-31(21-38(15-16-38)22-33(41)42)27(4)40(36(29)35)23-34(43)44/h7-14,19-20H,5-6,15-18,21-23H2,1-4H3,(H,41,42)(H,43,44). The lowest BCUT2D eigenvalue weighted by Crippen LogP contribution is -2.13. The Morgan fingerprint density at radius 3 is 2.15 bits per heavy atom. The zero-order valence-electron chi connectivity index (χ0n) is 27.0. The first-order valence-corrected chi connectivity index (χ1v) is 15.8. The zero-order valence-corrected chi connectivity index (χ0v) is 27.0. The molecule has 4 aromatic rings. The number of unbranched alkanes of at least 4 members (excludes halogenated alkanes) is 1.